The van der Waals surface area contributed by atoms with Crippen molar-refractivity contribution in [3.63, 3.8) is 0 Å². The summed E-state index contributed by atoms with van der Waals surface area (Å²) in [6, 6.07) is 10.7. The smallest absolute Gasteiger partial charge is 0.241 e. The van der Waals surface area contributed by atoms with Gasteiger partial charge >= 0.3 is 0 Å². The number of carbonyl (C=O) groups excluding carboxylic acids is 1. The Morgan fingerprint density at radius 1 is 1.12 bits per heavy atom. The quantitative estimate of drug-likeness (QED) is 0.354. The molecule has 7 nitrogen and oxygen atoms in total. The van der Waals surface area contributed by atoms with E-state index >= 15 is 0 Å². The fourth-order valence-electron chi connectivity index (χ4n) is 4.81. The minimum atomic E-state index is 0. The number of rotatable bonds is 5. The summed E-state index contributed by atoms with van der Waals surface area (Å²) in [5.41, 5.74) is 2.67. The van der Waals surface area contributed by atoms with Gasteiger partial charge in [-0.1, -0.05) is 30.3 Å². The monoisotopic (exact) mass is 550 g/mol. The highest BCUT2D eigenvalue weighted by Crippen LogP contribution is 2.26. The van der Waals surface area contributed by atoms with Gasteiger partial charge in [-0.25, -0.2) is 0 Å². The van der Waals surface area contributed by atoms with Crippen LogP contribution in [0.5, 0.6) is 0 Å². The molecule has 174 valence electrons. The molecule has 2 aromatic rings. The molecule has 32 heavy (non-hydrogen) atoms. The molecule has 0 spiro atoms. The molecule has 1 unspecified atom stereocenters. The molecule has 2 saturated heterocycles. The minimum absolute atomic E-state index is 0. The van der Waals surface area contributed by atoms with Crippen molar-refractivity contribution in [3.05, 3.63) is 53.9 Å². The summed E-state index contributed by atoms with van der Waals surface area (Å²) in [5.74, 6) is 2.12. The SMILES string of the molecule is CN=C(NCC(=O)N1CCC(Cc2ccccc2)CC1)N1CCC(c2cnn(C)c2)C1.I. The van der Waals surface area contributed by atoms with Gasteiger partial charge in [0, 0.05) is 52.4 Å². The molecule has 0 bridgehead atoms. The molecule has 1 atom stereocenters. The number of aliphatic imine (C=N–C) groups is 1. The first kappa shape index (κ1) is 24.5. The summed E-state index contributed by atoms with van der Waals surface area (Å²) in [6.45, 7) is 3.86. The molecule has 3 heterocycles. The second-order valence-electron chi connectivity index (χ2n) is 8.79. The normalized spacial score (nSPS) is 19.7. The van der Waals surface area contributed by atoms with Crippen molar-refractivity contribution in [2.75, 3.05) is 39.8 Å². The van der Waals surface area contributed by atoms with Crippen LogP contribution in [0, 0.1) is 5.92 Å². The first-order valence-corrected chi connectivity index (χ1v) is 11.4. The lowest BCUT2D eigenvalue weighted by atomic mass is 9.90. The van der Waals surface area contributed by atoms with Crippen molar-refractivity contribution < 1.29 is 4.79 Å². The van der Waals surface area contributed by atoms with Crippen molar-refractivity contribution in [3.8, 4) is 0 Å². The molecule has 1 aromatic carbocycles. The zero-order valence-corrected chi connectivity index (χ0v) is 21.4. The predicted octanol–water partition coefficient (Wildman–Crippen LogP) is 2.88. The standard InChI is InChI=1S/C24H34N6O.HI/c1-25-24(30-13-10-21(18-30)22-15-27-28(2)17-22)26-16-23(31)29-11-8-20(9-12-29)14-19-6-4-3-5-7-19;/h3-7,15,17,20-21H,8-14,16,18H2,1-2H3,(H,25,26);1H. The number of piperidine rings is 1. The average molecular weight is 550 g/mol. The van der Waals surface area contributed by atoms with Crippen LogP contribution in [0.25, 0.3) is 0 Å². The number of amides is 1. The van der Waals surface area contributed by atoms with Gasteiger partial charge in [0.2, 0.25) is 5.91 Å². The maximum absolute atomic E-state index is 12.8. The number of aryl methyl sites for hydroxylation is 1. The van der Waals surface area contributed by atoms with E-state index < -0.39 is 0 Å². The molecule has 8 heteroatoms. The fourth-order valence-corrected chi connectivity index (χ4v) is 4.81. The third-order valence-electron chi connectivity index (χ3n) is 6.63. The van der Waals surface area contributed by atoms with E-state index in [9.17, 15) is 4.79 Å². The Balaban J connectivity index is 0.00000289. The Morgan fingerprint density at radius 3 is 2.50 bits per heavy atom. The molecule has 0 saturated carbocycles. The van der Waals surface area contributed by atoms with Crippen molar-refractivity contribution in [2.45, 2.75) is 31.6 Å². The van der Waals surface area contributed by atoms with Gasteiger partial charge in [0.25, 0.3) is 0 Å². The maximum Gasteiger partial charge on any atom is 0.241 e. The number of carbonyl (C=O) groups is 1. The summed E-state index contributed by atoms with van der Waals surface area (Å²) in [6.07, 6.45) is 8.39. The first-order valence-electron chi connectivity index (χ1n) is 11.4. The second kappa shape index (κ2) is 11.7. The van der Waals surface area contributed by atoms with Crippen LogP contribution >= 0.6 is 24.0 Å². The molecule has 1 aromatic heterocycles. The van der Waals surface area contributed by atoms with Gasteiger partial charge in [0.15, 0.2) is 5.96 Å². The Bertz CT molecular complexity index is 891. The molecular formula is C24H35IN6O. The number of hydrogen-bond donors (Lipinski definition) is 1. The van der Waals surface area contributed by atoms with Crippen LogP contribution in [0.3, 0.4) is 0 Å². The third-order valence-corrected chi connectivity index (χ3v) is 6.63. The summed E-state index contributed by atoms with van der Waals surface area (Å²) in [7, 11) is 3.74. The van der Waals surface area contributed by atoms with Gasteiger partial charge in [-0.3, -0.25) is 14.5 Å². The second-order valence-corrected chi connectivity index (χ2v) is 8.79. The largest absolute Gasteiger partial charge is 0.347 e. The molecule has 1 N–H and O–H groups in total. The van der Waals surface area contributed by atoms with Crippen LogP contribution in [0.1, 0.15) is 36.3 Å². The lowest BCUT2D eigenvalue weighted by Crippen LogP contribution is -2.47. The highest BCUT2D eigenvalue weighted by molar-refractivity contribution is 14.0. The fraction of sp³-hybridized carbons (Fsp3) is 0.542. The summed E-state index contributed by atoms with van der Waals surface area (Å²) < 4.78 is 1.85. The number of nitrogens with zero attached hydrogens (tertiary/aromatic N) is 5. The molecule has 2 aliphatic rings. The van der Waals surface area contributed by atoms with E-state index in [1.165, 1.54) is 11.1 Å². The van der Waals surface area contributed by atoms with Crippen molar-refractivity contribution in [2.24, 2.45) is 18.0 Å². The molecule has 2 aliphatic heterocycles. The van der Waals surface area contributed by atoms with E-state index in [1.54, 1.807) is 7.05 Å². The number of benzene rings is 1. The maximum atomic E-state index is 12.8. The Morgan fingerprint density at radius 2 is 1.84 bits per heavy atom. The van der Waals surface area contributed by atoms with E-state index in [0.717, 1.165) is 57.8 Å². The highest BCUT2D eigenvalue weighted by Gasteiger charge is 2.28. The van der Waals surface area contributed by atoms with E-state index in [4.69, 9.17) is 0 Å². The van der Waals surface area contributed by atoms with E-state index in [-0.39, 0.29) is 29.9 Å². The van der Waals surface area contributed by atoms with Gasteiger partial charge < -0.3 is 15.1 Å². The number of guanidine groups is 1. The summed E-state index contributed by atoms with van der Waals surface area (Å²) in [5, 5.41) is 7.59. The van der Waals surface area contributed by atoms with Crippen LogP contribution in [-0.2, 0) is 18.3 Å². The molecular weight excluding hydrogens is 515 g/mol. The van der Waals surface area contributed by atoms with Crippen molar-refractivity contribution in [1.29, 1.82) is 0 Å². The van der Waals surface area contributed by atoms with E-state index in [1.807, 2.05) is 22.8 Å². The number of halogens is 1. The average Bonchev–Trinajstić information content (AvgIpc) is 3.45. The number of hydrogen-bond acceptors (Lipinski definition) is 3. The summed E-state index contributed by atoms with van der Waals surface area (Å²) >= 11 is 0. The van der Waals surface area contributed by atoms with Crippen LogP contribution in [0.2, 0.25) is 0 Å². The molecule has 0 radical (unpaired) electrons. The lowest BCUT2D eigenvalue weighted by Gasteiger charge is -2.32. The van der Waals surface area contributed by atoms with Crippen molar-refractivity contribution >= 4 is 35.8 Å². The molecule has 0 aliphatic carbocycles. The van der Waals surface area contributed by atoms with Crippen LogP contribution < -0.4 is 5.32 Å². The summed E-state index contributed by atoms with van der Waals surface area (Å²) in [4.78, 5) is 21.4. The number of aromatic nitrogens is 2. The first-order chi connectivity index (χ1) is 15.1. The molecule has 4 rings (SSSR count). The molecule has 2 fully saturated rings. The van der Waals surface area contributed by atoms with Crippen LogP contribution in [0.15, 0.2) is 47.7 Å². The lowest BCUT2D eigenvalue weighted by molar-refractivity contribution is -0.131. The molecule has 1 amide bonds. The van der Waals surface area contributed by atoms with Gasteiger partial charge in [0.1, 0.15) is 0 Å². The Labute approximate surface area is 208 Å². The van der Waals surface area contributed by atoms with E-state index in [0.29, 0.717) is 18.4 Å². The Hall–Kier alpha value is -2.10. The number of likely N-dealkylation sites (tertiary alicyclic amines) is 2. The van der Waals surface area contributed by atoms with Crippen LogP contribution in [-0.4, -0.2) is 71.2 Å². The van der Waals surface area contributed by atoms with E-state index in [2.05, 4.69) is 56.8 Å². The van der Waals surface area contributed by atoms with Gasteiger partial charge in [-0.2, -0.15) is 5.10 Å². The Kier molecular flexibility index (Phi) is 8.95. The van der Waals surface area contributed by atoms with Gasteiger partial charge in [-0.05, 0) is 42.7 Å². The van der Waals surface area contributed by atoms with Crippen molar-refractivity contribution in [1.82, 2.24) is 24.9 Å². The van der Waals surface area contributed by atoms with Gasteiger partial charge in [0.05, 0.1) is 12.7 Å². The van der Waals surface area contributed by atoms with Gasteiger partial charge in [-0.15, -0.1) is 24.0 Å². The zero-order valence-electron chi connectivity index (χ0n) is 19.1. The highest BCUT2D eigenvalue weighted by atomic mass is 127. The van der Waals surface area contributed by atoms with Crippen LogP contribution in [0.4, 0.5) is 0 Å². The minimum Gasteiger partial charge on any atom is -0.347 e. The predicted molar refractivity (Wildman–Crippen MR) is 138 cm³/mol. The topological polar surface area (TPSA) is 65.8 Å². The third kappa shape index (κ3) is 6.24. The number of nitrogens with one attached hydrogen (secondary N) is 1. The zero-order chi connectivity index (χ0) is 21.6.